The van der Waals surface area contributed by atoms with E-state index in [1.54, 1.807) is 0 Å². The predicted octanol–water partition coefficient (Wildman–Crippen LogP) is 1.45. The van der Waals surface area contributed by atoms with Crippen molar-refractivity contribution in [1.82, 2.24) is 16.0 Å². The lowest BCUT2D eigenvalue weighted by Gasteiger charge is -2.10. The molecule has 0 radical (unpaired) electrons. The van der Waals surface area contributed by atoms with E-state index < -0.39 is 0 Å². The van der Waals surface area contributed by atoms with Crippen LogP contribution in [0.25, 0.3) is 0 Å². The summed E-state index contributed by atoms with van der Waals surface area (Å²) in [6.45, 7) is 7.27. The Bertz CT molecular complexity index is 489. The minimum atomic E-state index is -0.272. The Morgan fingerprint density at radius 2 is 1.77 bits per heavy atom. The zero-order valence-electron chi connectivity index (χ0n) is 13.4. The SMILES string of the molecule is Cc1cccc(OCCNC(=O)NCCNC(=O)C(C)C)c1. The fraction of sp³-hybridized carbons (Fsp3) is 0.500. The van der Waals surface area contributed by atoms with Crippen LogP contribution in [0, 0.1) is 12.8 Å². The van der Waals surface area contributed by atoms with Gasteiger partial charge in [0.25, 0.3) is 0 Å². The minimum absolute atomic E-state index is 0.0197. The molecule has 0 aromatic heterocycles. The highest BCUT2D eigenvalue weighted by molar-refractivity contribution is 5.78. The highest BCUT2D eigenvalue weighted by Crippen LogP contribution is 2.11. The van der Waals surface area contributed by atoms with E-state index in [0.717, 1.165) is 11.3 Å². The second-order valence-electron chi connectivity index (χ2n) is 5.29. The summed E-state index contributed by atoms with van der Waals surface area (Å²) < 4.78 is 5.52. The molecule has 0 spiro atoms. The first-order chi connectivity index (χ1) is 10.5. The van der Waals surface area contributed by atoms with Crippen LogP contribution in [0.4, 0.5) is 4.79 Å². The number of rotatable bonds is 8. The van der Waals surface area contributed by atoms with Gasteiger partial charge in [-0.05, 0) is 24.6 Å². The molecule has 0 fully saturated rings. The average Bonchev–Trinajstić information content (AvgIpc) is 2.48. The number of nitrogens with one attached hydrogen (secondary N) is 3. The molecule has 3 amide bonds. The van der Waals surface area contributed by atoms with Crippen molar-refractivity contribution >= 4 is 11.9 Å². The molecule has 0 saturated heterocycles. The lowest BCUT2D eigenvalue weighted by Crippen LogP contribution is -2.42. The van der Waals surface area contributed by atoms with E-state index in [9.17, 15) is 9.59 Å². The lowest BCUT2D eigenvalue weighted by atomic mass is 10.2. The molecule has 0 saturated carbocycles. The summed E-state index contributed by atoms with van der Waals surface area (Å²) in [4.78, 5) is 22.8. The number of hydrogen-bond donors (Lipinski definition) is 3. The van der Waals surface area contributed by atoms with E-state index in [0.29, 0.717) is 26.2 Å². The molecule has 1 rings (SSSR count). The number of ether oxygens (including phenoxy) is 1. The highest BCUT2D eigenvalue weighted by Gasteiger charge is 2.05. The fourth-order valence-corrected chi connectivity index (χ4v) is 1.67. The number of carbonyl (C=O) groups is 2. The number of urea groups is 1. The maximum atomic E-state index is 11.5. The zero-order chi connectivity index (χ0) is 16.4. The number of hydrogen-bond acceptors (Lipinski definition) is 3. The zero-order valence-corrected chi connectivity index (χ0v) is 13.4. The van der Waals surface area contributed by atoms with Crippen molar-refractivity contribution in [3.8, 4) is 5.75 Å². The van der Waals surface area contributed by atoms with Crippen molar-refractivity contribution in [1.29, 1.82) is 0 Å². The van der Waals surface area contributed by atoms with Gasteiger partial charge in [-0.3, -0.25) is 4.79 Å². The van der Waals surface area contributed by atoms with E-state index in [4.69, 9.17) is 4.74 Å². The van der Waals surface area contributed by atoms with Crippen LogP contribution in [0.5, 0.6) is 5.75 Å². The van der Waals surface area contributed by atoms with Gasteiger partial charge < -0.3 is 20.7 Å². The molecule has 0 bridgehead atoms. The Kier molecular flexibility index (Phi) is 7.81. The van der Waals surface area contributed by atoms with Gasteiger partial charge >= 0.3 is 6.03 Å². The van der Waals surface area contributed by atoms with Gasteiger partial charge in [-0.1, -0.05) is 26.0 Å². The third-order valence-corrected chi connectivity index (χ3v) is 2.88. The predicted molar refractivity (Wildman–Crippen MR) is 85.9 cm³/mol. The molecule has 122 valence electrons. The summed E-state index contributed by atoms with van der Waals surface area (Å²) in [5.74, 6) is 0.722. The first kappa shape index (κ1) is 17.8. The van der Waals surface area contributed by atoms with Crippen LogP contribution in [-0.4, -0.2) is 38.2 Å². The van der Waals surface area contributed by atoms with Crippen LogP contribution in [0.1, 0.15) is 19.4 Å². The van der Waals surface area contributed by atoms with Crippen molar-refractivity contribution < 1.29 is 14.3 Å². The van der Waals surface area contributed by atoms with Gasteiger partial charge in [0, 0.05) is 19.0 Å². The first-order valence-electron chi connectivity index (χ1n) is 7.48. The minimum Gasteiger partial charge on any atom is -0.492 e. The Hall–Kier alpha value is -2.24. The molecule has 0 aliphatic heterocycles. The monoisotopic (exact) mass is 307 g/mol. The third kappa shape index (κ3) is 7.52. The van der Waals surface area contributed by atoms with Crippen LogP contribution in [0.2, 0.25) is 0 Å². The summed E-state index contributed by atoms with van der Waals surface area (Å²) >= 11 is 0. The molecule has 0 aliphatic carbocycles. The largest absolute Gasteiger partial charge is 0.492 e. The van der Waals surface area contributed by atoms with E-state index in [1.165, 1.54) is 0 Å². The summed E-state index contributed by atoms with van der Waals surface area (Å²) in [5.41, 5.74) is 1.13. The second kappa shape index (κ2) is 9.65. The van der Waals surface area contributed by atoms with Crippen LogP contribution >= 0.6 is 0 Å². The summed E-state index contributed by atoms with van der Waals surface area (Å²) in [6.07, 6.45) is 0. The summed E-state index contributed by atoms with van der Waals surface area (Å²) in [6, 6.07) is 7.47. The Balaban J connectivity index is 2.05. The number of amides is 3. The molecular weight excluding hydrogens is 282 g/mol. The number of carbonyl (C=O) groups excluding carboxylic acids is 2. The lowest BCUT2D eigenvalue weighted by molar-refractivity contribution is -0.123. The van der Waals surface area contributed by atoms with Crippen LogP contribution < -0.4 is 20.7 Å². The molecular formula is C16H25N3O3. The van der Waals surface area contributed by atoms with E-state index in [-0.39, 0.29) is 17.9 Å². The van der Waals surface area contributed by atoms with Gasteiger partial charge in [-0.2, -0.15) is 0 Å². The van der Waals surface area contributed by atoms with Crippen molar-refractivity contribution in [2.45, 2.75) is 20.8 Å². The maximum Gasteiger partial charge on any atom is 0.314 e. The van der Waals surface area contributed by atoms with E-state index in [1.807, 2.05) is 45.0 Å². The quantitative estimate of drug-likeness (QED) is 0.636. The van der Waals surface area contributed by atoms with Gasteiger partial charge in [0.15, 0.2) is 0 Å². The average molecular weight is 307 g/mol. The molecule has 6 nitrogen and oxygen atoms in total. The molecule has 0 atom stereocenters. The molecule has 1 aromatic rings. The van der Waals surface area contributed by atoms with Crippen LogP contribution in [-0.2, 0) is 4.79 Å². The van der Waals surface area contributed by atoms with Gasteiger partial charge in [0.05, 0.1) is 6.54 Å². The second-order valence-corrected chi connectivity index (χ2v) is 5.29. The highest BCUT2D eigenvalue weighted by atomic mass is 16.5. The fourth-order valence-electron chi connectivity index (χ4n) is 1.67. The first-order valence-corrected chi connectivity index (χ1v) is 7.48. The van der Waals surface area contributed by atoms with Gasteiger partial charge in [0.2, 0.25) is 5.91 Å². The Morgan fingerprint density at radius 3 is 2.45 bits per heavy atom. The van der Waals surface area contributed by atoms with Gasteiger partial charge in [-0.15, -0.1) is 0 Å². The Morgan fingerprint density at radius 1 is 1.09 bits per heavy atom. The molecule has 22 heavy (non-hydrogen) atoms. The summed E-state index contributed by atoms with van der Waals surface area (Å²) in [7, 11) is 0. The number of benzene rings is 1. The van der Waals surface area contributed by atoms with Crippen molar-refractivity contribution in [3.63, 3.8) is 0 Å². The molecule has 0 unspecified atom stereocenters. The normalized spacial score (nSPS) is 10.2. The van der Waals surface area contributed by atoms with Gasteiger partial charge in [-0.25, -0.2) is 4.79 Å². The third-order valence-electron chi connectivity index (χ3n) is 2.88. The van der Waals surface area contributed by atoms with E-state index >= 15 is 0 Å². The van der Waals surface area contributed by atoms with Gasteiger partial charge in [0.1, 0.15) is 12.4 Å². The molecule has 0 aliphatic rings. The molecule has 3 N–H and O–H groups in total. The molecule has 0 heterocycles. The topological polar surface area (TPSA) is 79.5 Å². The van der Waals surface area contributed by atoms with Crippen molar-refractivity contribution in [2.75, 3.05) is 26.2 Å². The standard InChI is InChI=1S/C16H25N3O3/c1-12(2)15(20)17-7-8-18-16(21)19-9-10-22-14-6-4-5-13(3)11-14/h4-6,11-12H,7-10H2,1-3H3,(H,17,20)(H2,18,19,21). The van der Waals surface area contributed by atoms with Crippen LogP contribution in [0.15, 0.2) is 24.3 Å². The van der Waals surface area contributed by atoms with Crippen molar-refractivity contribution in [2.24, 2.45) is 5.92 Å². The molecule has 6 heteroatoms. The summed E-state index contributed by atoms with van der Waals surface area (Å²) in [5, 5.41) is 8.08. The maximum absolute atomic E-state index is 11.5. The van der Waals surface area contributed by atoms with Crippen LogP contribution in [0.3, 0.4) is 0 Å². The number of aryl methyl sites for hydroxylation is 1. The van der Waals surface area contributed by atoms with E-state index in [2.05, 4.69) is 16.0 Å². The van der Waals surface area contributed by atoms with Crippen molar-refractivity contribution in [3.05, 3.63) is 29.8 Å². The molecule has 1 aromatic carbocycles. The smallest absolute Gasteiger partial charge is 0.314 e. The Labute approximate surface area is 131 Å².